The van der Waals surface area contributed by atoms with E-state index in [0.717, 1.165) is 18.5 Å². The standard InChI is InChI=1S/C14H20FNO2/c1-11(2)16(10-8-14(17)18)9-7-12-3-5-13(15)6-4-12/h3-6,11H,7-10H2,1-2H3,(H,17,18). The Kier molecular flexibility index (Phi) is 5.78. The van der Waals surface area contributed by atoms with Gasteiger partial charge in [-0.2, -0.15) is 0 Å². The van der Waals surface area contributed by atoms with E-state index in [2.05, 4.69) is 4.90 Å². The molecule has 0 aromatic heterocycles. The van der Waals surface area contributed by atoms with Gasteiger partial charge in [0.15, 0.2) is 0 Å². The van der Waals surface area contributed by atoms with Crippen LogP contribution in [0.1, 0.15) is 25.8 Å². The molecule has 4 heteroatoms. The predicted molar refractivity (Wildman–Crippen MR) is 69.1 cm³/mol. The lowest BCUT2D eigenvalue weighted by Crippen LogP contribution is -2.34. The Balaban J connectivity index is 2.46. The molecule has 0 aliphatic carbocycles. The molecule has 1 rings (SSSR count). The first-order valence-electron chi connectivity index (χ1n) is 6.19. The molecule has 0 spiro atoms. The van der Waals surface area contributed by atoms with Gasteiger partial charge in [-0.25, -0.2) is 4.39 Å². The van der Waals surface area contributed by atoms with Gasteiger partial charge in [0.25, 0.3) is 0 Å². The van der Waals surface area contributed by atoms with E-state index in [-0.39, 0.29) is 12.2 Å². The summed E-state index contributed by atoms with van der Waals surface area (Å²) in [6.45, 7) is 5.43. The van der Waals surface area contributed by atoms with Gasteiger partial charge in [-0.05, 0) is 38.0 Å². The van der Waals surface area contributed by atoms with Crippen LogP contribution >= 0.6 is 0 Å². The summed E-state index contributed by atoms with van der Waals surface area (Å²) in [5.74, 6) is -1.01. The number of halogens is 1. The number of hydrogen-bond acceptors (Lipinski definition) is 2. The zero-order valence-corrected chi connectivity index (χ0v) is 10.9. The average Bonchev–Trinajstić information content (AvgIpc) is 2.30. The summed E-state index contributed by atoms with van der Waals surface area (Å²) in [5.41, 5.74) is 1.07. The molecule has 0 amide bonds. The Morgan fingerprint density at radius 3 is 2.39 bits per heavy atom. The maximum Gasteiger partial charge on any atom is 0.304 e. The van der Waals surface area contributed by atoms with Crippen molar-refractivity contribution in [2.24, 2.45) is 0 Å². The molecule has 1 N–H and O–H groups in total. The summed E-state index contributed by atoms with van der Waals surface area (Å²) >= 11 is 0. The van der Waals surface area contributed by atoms with Crippen molar-refractivity contribution in [3.05, 3.63) is 35.6 Å². The van der Waals surface area contributed by atoms with E-state index in [1.54, 1.807) is 12.1 Å². The van der Waals surface area contributed by atoms with Crippen LogP contribution in [0.25, 0.3) is 0 Å². The first-order chi connectivity index (χ1) is 8.49. The normalized spacial score (nSPS) is 11.2. The minimum Gasteiger partial charge on any atom is -0.481 e. The second-order valence-corrected chi connectivity index (χ2v) is 4.65. The van der Waals surface area contributed by atoms with Gasteiger partial charge in [0.05, 0.1) is 6.42 Å². The monoisotopic (exact) mass is 253 g/mol. The third-order valence-electron chi connectivity index (χ3n) is 2.94. The van der Waals surface area contributed by atoms with Gasteiger partial charge in [0, 0.05) is 19.1 Å². The van der Waals surface area contributed by atoms with Crippen LogP contribution in [0, 0.1) is 5.82 Å². The number of benzene rings is 1. The first kappa shape index (κ1) is 14.6. The molecule has 0 saturated heterocycles. The van der Waals surface area contributed by atoms with Crippen LogP contribution in [0.5, 0.6) is 0 Å². The van der Waals surface area contributed by atoms with E-state index < -0.39 is 5.97 Å². The predicted octanol–water partition coefficient (Wildman–Crippen LogP) is 2.55. The van der Waals surface area contributed by atoms with Crippen molar-refractivity contribution >= 4 is 5.97 Å². The van der Waals surface area contributed by atoms with E-state index in [9.17, 15) is 9.18 Å². The van der Waals surface area contributed by atoms with Crippen molar-refractivity contribution in [1.82, 2.24) is 4.90 Å². The van der Waals surface area contributed by atoms with Gasteiger partial charge in [-0.15, -0.1) is 0 Å². The minimum atomic E-state index is -0.776. The van der Waals surface area contributed by atoms with Crippen LogP contribution in [0.3, 0.4) is 0 Å². The van der Waals surface area contributed by atoms with Crippen LogP contribution < -0.4 is 0 Å². The third-order valence-corrected chi connectivity index (χ3v) is 2.94. The average molecular weight is 253 g/mol. The summed E-state index contributed by atoms with van der Waals surface area (Å²) in [4.78, 5) is 12.7. The SMILES string of the molecule is CC(C)N(CCC(=O)O)CCc1ccc(F)cc1. The van der Waals surface area contributed by atoms with E-state index in [4.69, 9.17) is 5.11 Å². The second kappa shape index (κ2) is 7.11. The van der Waals surface area contributed by atoms with Crippen LogP contribution in [0.2, 0.25) is 0 Å². The molecule has 18 heavy (non-hydrogen) atoms. The highest BCUT2D eigenvalue weighted by Gasteiger charge is 2.11. The first-order valence-corrected chi connectivity index (χ1v) is 6.19. The van der Waals surface area contributed by atoms with Crippen LogP contribution in [-0.2, 0) is 11.2 Å². The fraction of sp³-hybridized carbons (Fsp3) is 0.500. The van der Waals surface area contributed by atoms with E-state index in [1.807, 2.05) is 13.8 Å². The molecule has 1 aromatic rings. The summed E-state index contributed by atoms with van der Waals surface area (Å²) in [7, 11) is 0. The van der Waals surface area contributed by atoms with Gasteiger partial charge >= 0.3 is 5.97 Å². The number of aliphatic carboxylic acids is 1. The van der Waals surface area contributed by atoms with Crippen molar-refractivity contribution in [2.45, 2.75) is 32.7 Å². The Bertz CT molecular complexity index is 376. The Labute approximate surface area is 107 Å². The number of nitrogens with zero attached hydrogens (tertiary/aromatic N) is 1. The molecule has 0 fully saturated rings. The second-order valence-electron chi connectivity index (χ2n) is 4.65. The molecule has 0 bridgehead atoms. The summed E-state index contributed by atoms with van der Waals surface area (Å²) in [5, 5.41) is 8.69. The molecule has 0 heterocycles. The number of rotatable bonds is 7. The molecule has 0 aliphatic rings. The molecule has 100 valence electrons. The molecular formula is C14H20FNO2. The third kappa shape index (κ3) is 5.27. The fourth-order valence-electron chi connectivity index (χ4n) is 1.79. The van der Waals surface area contributed by atoms with Gasteiger partial charge in [-0.3, -0.25) is 4.79 Å². The summed E-state index contributed by atoms with van der Waals surface area (Å²) < 4.78 is 12.7. The van der Waals surface area contributed by atoms with Crippen LogP contribution in [-0.4, -0.2) is 35.1 Å². The van der Waals surface area contributed by atoms with Gasteiger partial charge in [-0.1, -0.05) is 12.1 Å². The van der Waals surface area contributed by atoms with E-state index in [1.165, 1.54) is 12.1 Å². The largest absolute Gasteiger partial charge is 0.481 e. The summed E-state index contributed by atoms with van der Waals surface area (Å²) in [6.07, 6.45) is 0.958. The lowest BCUT2D eigenvalue weighted by atomic mass is 10.1. The number of carbonyl (C=O) groups is 1. The fourth-order valence-corrected chi connectivity index (χ4v) is 1.79. The molecular weight excluding hydrogens is 233 g/mol. The maximum absolute atomic E-state index is 12.7. The van der Waals surface area contributed by atoms with Gasteiger partial charge < -0.3 is 10.0 Å². The van der Waals surface area contributed by atoms with Crippen molar-refractivity contribution < 1.29 is 14.3 Å². The Morgan fingerprint density at radius 2 is 1.89 bits per heavy atom. The number of carboxylic acids is 1. The van der Waals surface area contributed by atoms with E-state index >= 15 is 0 Å². The van der Waals surface area contributed by atoms with Crippen LogP contribution in [0.15, 0.2) is 24.3 Å². The van der Waals surface area contributed by atoms with Crippen molar-refractivity contribution in [2.75, 3.05) is 13.1 Å². The molecule has 0 aliphatic heterocycles. The Morgan fingerprint density at radius 1 is 1.28 bits per heavy atom. The zero-order valence-electron chi connectivity index (χ0n) is 10.9. The molecule has 0 saturated carbocycles. The highest BCUT2D eigenvalue weighted by Crippen LogP contribution is 2.07. The highest BCUT2D eigenvalue weighted by atomic mass is 19.1. The zero-order chi connectivity index (χ0) is 13.5. The molecule has 1 aromatic carbocycles. The van der Waals surface area contributed by atoms with Gasteiger partial charge in [0.2, 0.25) is 0 Å². The van der Waals surface area contributed by atoms with Crippen molar-refractivity contribution in [1.29, 1.82) is 0 Å². The lowest BCUT2D eigenvalue weighted by molar-refractivity contribution is -0.137. The molecule has 0 atom stereocenters. The van der Waals surface area contributed by atoms with Crippen molar-refractivity contribution in [3.8, 4) is 0 Å². The van der Waals surface area contributed by atoms with Crippen molar-refractivity contribution in [3.63, 3.8) is 0 Å². The molecule has 0 radical (unpaired) electrons. The van der Waals surface area contributed by atoms with E-state index in [0.29, 0.717) is 12.6 Å². The summed E-state index contributed by atoms with van der Waals surface area (Å²) in [6, 6.07) is 6.75. The quantitative estimate of drug-likeness (QED) is 0.812. The van der Waals surface area contributed by atoms with Crippen LogP contribution in [0.4, 0.5) is 4.39 Å². The highest BCUT2D eigenvalue weighted by molar-refractivity contribution is 5.66. The minimum absolute atomic E-state index is 0.154. The number of hydrogen-bond donors (Lipinski definition) is 1. The lowest BCUT2D eigenvalue weighted by Gasteiger charge is -2.25. The Hall–Kier alpha value is -1.42. The molecule has 3 nitrogen and oxygen atoms in total. The smallest absolute Gasteiger partial charge is 0.304 e. The maximum atomic E-state index is 12.7. The number of carboxylic acid groups (broad SMARTS) is 1. The van der Waals surface area contributed by atoms with Gasteiger partial charge in [0.1, 0.15) is 5.82 Å². The topological polar surface area (TPSA) is 40.5 Å². The molecule has 0 unspecified atom stereocenters.